The van der Waals surface area contributed by atoms with Gasteiger partial charge in [-0.15, -0.1) is 10.2 Å². The molecule has 8 heteroatoms. The number of aryl methyl sites for hydroxylation is 2. The van der Waals surface area contributed by atoms with Crippen molar-refractivity contribution < 1.29 is 9.47 Å². The van der Waals surface area contributed by atoms with Gasteiger partial charge in [-0.1, -0.05) is 17.7 Å². The maximum atomic E-state index is 5.73. The van der Waals surface area contributed by atoms with Crippen molar-refractivity contribution >= 4 is 5.96 Å². The van der Waals surface area contributed by atoms with Crippen molar-refractivity contribution in [3.63, 3.8) is 0 Å². The highest BCUT2D eigenvalue weighted by molar-refractivity contribution is 5.79. The van der Waals surface area contributed by atoms with E-state index in [1.807, 2.05) is 42.8 Å². The Kier molecular flexibility index (Phi) is 7.88. The molecule has 0 fully saturated rings. The number of hydrogen-bond donors (Lipinski definition) is 2. The largest absolute Gasteiger partial charge is 0.492 e. The lowest BCUT2D eigenvalue weighted by Crippen LogP contribution is -2.40. The molecule has 0 saturated heterocycles. The molecule has 26 heavy (non-hydrogen) atoms. The van der Waals surface area contributed by atoms with Crippen molar-refractivity contribution in [2.45, 2.75) is 20.4 Å². The Labute approximate surface area is 154 Å². The SMILES string of the molecule is COCCNC(=NCc1nnc(C)n1C)NCCOc1ccc(C)cc1. The van der Waals surface area contributed by atoms with Crippen LogP contribution in [0.5, 0.6) is 5.75 Å². The van der Waals surface area contributed by atoms with Crippen LogP contribution in [0.4, 0.5) is 0 Å². The summed E-state index contributed by atoms with van der Waals surface area (Å²) in [6, 6.07) is 8.00. The number of guanidine groups is 1. The fraction of sp³-hybridized carbons (Fsp3) is 0.500. The number of nitrogens with one attached hydrogen (secondary N) is 2. The minimum atomic E-state index is 0.443. The first kappa shape index (κ1) is 19.7. The average Bonchev–Trinajstić information content (AvgIpc) is 2.96. The monoisotopic (exact) mass is 360 g/mol. The maximum absolute atomic E-state index is 5.73. The van der Waals surface area contributed by atoms with Crippen LogP contribution in [0.1, 0.15) is 17.2 Å². The van der Waals surface area contributed by atoms with Crippen LogP contribution in [-0.4, -0.2) is 54.1 Å². The molecule has 0 aliphatic heterocycles. The number of benzene rings is 1. The zero-order valence-electron chi connectivity index (χ0n) is 16.0. The van der Waals surface area contributed by atoms with Gasteiger partial charge in [0.15, 0.2) is 11.8 Å². The van der Waals surface area contributed by atoms with E-state index in [-0.39, 0.29) is 0 Å². The van der Waals surface area contributed by atoms with Gasteiger partial charge in [-0.25, -0.2) is 4.99 Å². The molecular formula is C18H28N6O2. The van der Waals surface area contributed by atoms with E-state index in [1.165, 1.54) is 5.56 Å². The molecule has 0 aliphatic rings. The Hall–Kier alpha value is -2.61. The molecule has 2 rings (SSSR count). The molecule has 0 radical (unpaired) electrons. The number of ether oxygens (including phenoxy) is 2. The molecule has 2 aromatic rings. The van der Waals surface area contributed by atoms with Crippen molar-refractivity contribution in [3.05, 3.63) is 41.5 Å². The summed E-state index contributed by atoms with van der Waals surface area (Å²) in [5, 5.41) is 14.7. The molecule has 0 amide bonds. The molecule has 8 nitrogen and oxygen atoms in total. The molecule has 0 aliphatic carbocycles. The quantitative estimate of drug-likeness (QED) is 0.397. The molecule has 142 valence electrons. The zero-order valence-corrected chi connectivity index (χ0v) is 16.0. The second kappa shape index (κ2) is 10.4. The number of nitrogens with zero attached hydrogens (tertiary/aromatic N) is 4. The van der Waals surface area contributed by atoms with E-state index in [9.17, 15) is 0 Å². The van der Waals surface area contributed by atoms with Crippen LogP contribution in [0.15, 0.2) is 29.3 Å². The summed E-state index contributed by atoms with van der Waals surface area (Å²) >= 11 is 0. The summed E-state index contributed by atoms with van der Waals surface area (Å²) in [7, 11) is 3.60. The van der Waals surface area contributed by atoms with Gasteiger partial charge >= 0.3 is 0 Å². The van der Waals surface area contributed by atoms with Gasteiger partial charge in [-0.05, 0) is 26.0 Å². The second-order valence-electron chi connectivity index (χ2n) is 5.90. The smallest absolute Gasteiger partial charge is 0.191 e. The van der Waals surface area contributed by atoms with E-state index in [1.54, 1.807) is 7.11 Å². The first-order valence-electron chi connectivity index (χ1n) is 8.65. The Morgan fingerprint density at radius 2 is 1.77 bits per heavy atom. The molecule has 0 atom stereocenters. The van der Waals surface area contributed by atoms with E-state index in [2.05, 4.69) is 32.7 Å². The summed E-state index contributed by atoms with van der Waals surface area (Å²) in [5.74, 6) is 3.22. The van der Waals surface area contributed by atoms with Gasteiger partial charge in [-0.2, -0.15) is 0 Å². The van der Waals surface area contributed by atoms with Crippen LogP contribution in [0.3, 0.4) is 0 Å². The standard InChI is InChI=1S/C18H28N6O2/c1-14-5-7-16(8-6-14)26-12-10-20-18(19-9-11-25-4)21-13-17-23-22-15(2)24(17)3/h5-8H,9-13H2,1-4H3,(H2,19,20,21). The third-order valence-electron chi connectivity index (χ3n) is 3.84. The van der Waals surface area contributed by atoms with E-state index in [0.29, 0.717) is 38.8 Å². The first-order chi connectivity index (χ1) is 12.6. The highest BCUT2D eigenvalue weighted by Gasteiger charge is 2.05. The van der Waals surface area contributed by atoms with Crippen LogP contribution in [0.25, 0.3) is 0 Å². The van der Waals surface area contributed by atoms with Crippen LogP contribution >= 0.6 is 0 Å². The van der Waals surface area contributed by atoms with E-state index in [0.717, 1.165) is 17.4 Å². The van der Waals surface area contributed by atoms with Crippen molar-refractivity contribution in [3.8, 4) is 5.75 Å². The van der Waals surface area contributed by atoms with Crippen LogP contribution in [0, 0.1) is 13.8 Å². The van der Waals surface area contributed by atoms with Crippen LogP contribution in [0.2, 0.25) is 0 Å². The lowest BCUT2D eigenvalue weighted by molar-refractivity contribution is 0.203. The molecule has 0 bridgehead atoms. The number of rotatable bonds is 9. The van der Waals surface area contributed by atoms with E-state index >= 15 is 0 Å². The molecule has 1 aromatic carbocycles. The van der Waals surface area contributed by atoms with Gasteiger partial charge in [0, 0.05) is 20.7 Å². The van der Waals surface area contributed by atoms with E-state index < -0.39 is 0 Å². The van der Waals surface area contributed by atoms with Crippen LogP contribution < -0.4 is 15.4 Å². The van der Waals surface area contributed by atoms with E-state index in [4.69, 9.17) is 9.47 Å². The fourth-order valence-electron chi connectivity index (χ4n) is 2.16. The molecule has 0 saturated carbocycles. The van der Waals surface area contributed by atoms with Crippen molar-refractivity contribution in [2.75, 3.05) is 33.4 Å². The predicted octanol–water partition coefficient (Wildman–Crippen LogP) is 1.19. The van der Waals surface area contributed by atoms with Crippen molar-refractivity contribution in [1.82, 2.24) is 25.4 Å². The highest BCUT2D eigenvalue weighted by Crippen LogP contribution is 2.10. The summed E-state index contributed by atoms with van der Waals surface area (Å²) in [6.45, 7) is 6.85. The average molecular weight is 360 g/mol. The summed E-state index contributed by atoms with van der Waals surface area (Å²) in [4.78, 5) is 4.56. The number of methoxy groups -OCH3 is 1. The Bertz CT molecular complexity index is 696. The molecule has 0 unspecified atom stereocenters. The maximum Gasteiger partial charge on any atom is 0.191 e. The number of aliphatic imine (C=N–C) groups is 1. The molecule has 1 aromatic heterocycles. The minimum Gasteiger partial charge on any atom is -0.492 e. The number of hydrogen-bond acceptors (Lipinski definition) is 5. The summed E-state index contributed by atoms with van der Waals surface area (Å²) < 4.78 is 12.7. The molecule has 1 heterocycles. The lowest BCUT2D eigenvalue weighted by atomic mass is 10.2. The predicted molar refractivity (Wildman–Crippen MR) is 101 cm³/mol. The number of aromatic nitrogens is 3. The Balaban J connectivity index is 1.84. The minimum absolute atomic E-state index is 0.443. The Morgan fingerprint density at radius 1 is 1.08 bits per heavy atom. The lowest BCUT2D eigenvalue weighted by Gasteiger charge is -2.13. The van der Waals surface area contributed by atoms with Gasteiger partial charge in [-0.3, -0.25) is 0 Å². The van der Waals surface area contributed by atoms with Gasteiger partial charge in [0.2, 0.25) is 0 Å². The second-order valence-corrected chi connectivity index (χ2v) is 5.90. The van der Waals surface area contributed by atoms with Crippen LogP contribution in [-0.2, 0) is 18.3 Å². The topological polar surface area (TPSA) is 85.6 Å². The van der Waals surface area contributed by atoms with Gasteiger partial charge in [0.25, 0.3) is 0 Å². The molecule has 2 N–H and O–H groups in total. The van der Waals surface area contributed by atoms with Gasteiger partial charge < -0.3 is 24.7 Å². The summed E-state index contributed by atoms with van der Waals surface area (Å²) in [5.41, 5.74) is 1.21. The van der Waals surface area contributed by atoms with Crippen molar-refractivity contribution in [2.24, 2.45) is 12.0 Å². The van der Waals surface area contributed by atoms with Gasteiger partial charge in [0.05, 0.1) is 13.2 Å². The first-order valence-corrected chi connectivity index (χ1v) is 8.65. The zero-order chi connectivity index (χ0) is 18.8. The third kappa shape index (κ3) is 6.36. The normalized spacial score (nSPS) is 11.5. The molecular weight excluding hydrogens is 332 g/mol. The summed E-state index contributed by atoms with van der Waals surface area (Å²) in [6.07, 6.45) is 0. The molecule has 0 spiro atoms. The van der Waals surface area contributed by atoms with Gasteiger partial charge in [0.1, 0.15) is 24.7 Å². The highest BCUT2D eigenvalue weighted by atomic mass is 16.5. The fourth-order valence-corrected chi connectivity index (χ4v) is 2.16. The third-order valence-corrected chi connectivity index (χ3v) is 3.84. The Morgan fingerprint density at radius 3 is 2.38 bits per heavy atom. The van der Waals surface area contributed by atoms with Crippen molar-refractivity contribution in [1.29, 1.82) is 0 Å².